The topological polar surface area (TPSA) is 46.0 Å². The third-order valence-corrected chi connectivity index (χ3v) is 4.55. The van der Waals surface area contributed by atoms with E-state index in [9.17, 15) is 5.11 Å². The summed E-state index contributed by atoms with van der Waals surface area (Å²) < 4.78 is 0. The van der Waals surface area contributed by atoms with Gasteiger partial charge in [0, 0.05) is 22.9 Å². The molecule has 1 aromatic carbocycles. The van der Waals surface area contributed by atoms with Gasteiger partial charge in [-0.15, -0.1) is 11.3 Å². The number of hydrogen-bond acceptors (Lipinski definition) is 4. The van der Waals surface area contributed by atoms with Crippen molar-refractivity contribution in [1.29, 1.82) is 0 Å². The zero-order chi connectivity index (χ0) is 14.1. The van der Waals surface area contributed by atoms with Crippen molar-refractivity contribution in [3.05, 3.63) is 57.7 Å². The largest absolute Gasteiger partial charge is 0.388 e. The number of aliphatic hydroxyl groups excluding tert-OH is 1. The standard InChI is InChI=1S/C16H16N2OS/c1-10-11(2)20-16(18-10)9-15(19)13-5-6-14-12(8-13)4-3-7-17-14/h3-8,15,19H,9H2,1-2H3. The van der Waals surface area contributed by atoms with E-state index in [2.05, 4.69) is 16.9 Å². The van der Waals surface area contributed by atoms with Crippen LogP contribution in [0.3, 0.4) is 0 Å². The number of pyridine rings is 1. The fourth-order valence-corrected chi connectivity index (χ4v) is 3.18. The van der Waals surface area contributed by atoms with Gasteiger partial charge in [0.05, 0.1) is 22.3 Å². The van der Waals surface area contributed by atoms with Crippen molar-refractivity contribution in [3.8, 4) is 0 Å². The summed E-state index contributed by atoms with van der Waals surface area (Å²) >= 11 is 1.66. The lowest BCUT2D eigenvalue weighted by Crippen LogP contribution is -2.01. The van der Waals surface area contributed by atoms with E-state index in [-0.39, 0.29) is 0 Å². The molecule has 1 N–H and O–H groups in total. The van der Waals surface area contributed by atoms with Crippen molar-refractivity contribution in [1.82, 2.24) is 9.97 Å². The van der Waals surface area contributed by atoms with Gasteiger partial charge in [-0.1, -0.05) is 12.1 Å². The first-order valence-electron chi connectivity index (χ1n) is 6.59. The number of fused-ring (bicyclic) bond motifs is 1. The highest BCUT2D eigenvalue weighted by Crippen LogP contribution is 2.25. The Kier molecular flexibility index (Phi) is 3.51. The maximum Gasteiger partial charge on any atom is 0.0960 e. The molecule has 3 aromatic rings. The number of rotatable bonds is 3. The zero-order valence-electron chi connectivity index (χ0n) is 11.5. The molecule has 0 aliphatic rings. The minimum absolute atomic E-state index is 0.524. The molecule has 3 nitrogen and oxygen atoms in total. The summed E-state index contributed by atoms with van der Waals surface area (Å²) in [5.74, 6) is 0. The van der Waals surface area contributed by atoms with Gasteiger partial charge in [-0.05, 0) is 37.6 Å². The Morgan fingerprint density at radius 2 is 2.10 bits per heavy atom. The maximum absolute atomic E-state index is 10.4. The van der Waals surface area contributed by atoms with Gasteiger partial charge in [-0.3, -0.25) is 4.98 Å². The van der Waals surface area contributed by atoms with Gasteiger partial charge in [0.15, 0.2) is 0 Å². The Morgan fingerprint density at radius 3 is 2.85 bits per heavy atom. The van der Waals surface area contributed by atoms with Crippen molar-refractivity contribution in [3.63, 3.8) is 0 Å². The summed E-state index contributed by atoms with van der Waals surface area (Å²) in [5.41, 5.74) is 2.92. The van der Waals surface area contributed by atoms with Crippen LogP contribution in [0.25, 0.3) is 10.9 Å². The summed E-state index contributed by atoms with van der Waals surface area (Å²) in [6.07, 6.45) is 1.81. The molecule has 0 spiro atoms. The molecule has 20 heavy (non-hydrogen) atoms. The number of aliphatic hydroxyl groups is 1. The van der Waals surface area contributed by atoms with E-state index in [1.807, 2.05) is 37.3 Å². The van der Waals surface area contributed by atoms with Crippen LogP contribution in [0.1, 0.15) is 27.2 Å². The Bertz CT molecular complexity index is 732. The molecule has 0 saturated heterocycles. The minimum atomic E-state index is -0.524. The van der Waals surface area contributed by atoms with E-state index in [1.54, 1.807) is 17.5 Å². The molecule has 0 aliphatic carbocycles. The first kappa shape index (κ1) is 13.2. The molecule has 3 rings (SSSR count). The van der Waals surface area contributed by atoms with Crippen LogP contribution in [0.5, 0.6) is 0 Å². The fraction of sp³-hybridized carbons (Fsp3) is 0.250. The van der Waals surface area contributed by atoms with Gasteiger partial charge in [0.2, 0.25) is 0 Å². The average molecular weight is 284 g/mol. The second-order valence-electron chi connectivity index (χ2n) is 4.92. The van der Waals surface area contributed by atoms with Gasteiger partial charge in [0.25, 0.3) is 0 Å². The van der Waals surface area contributed by atoms with Crippen molar-refractivity contribution in [2.75, 3.05) is 0 Å². The third kappa shape index (κ3) is 2.57. The highest BCUT2D eigenvalue weighted by Gasteiger charge is 2.13. The van der Waals surface area contributed by atoms with E-state index in [0.717, 1.165) is 27.2 Å². The molecule has 0 saturated carbocycles. The van der Waals surface area contributed by atoms with Gasteiger partial charge in [-0.25, -0.2) is 4.98 Å². The van der Waals surface area contributed by atoms with Crippen molar-refractivity contribution < 1.29 is 5.11 Å². The Hall–Kier alpha value is -1.78. The van der Waals surface area contributed by atoms with E-state index in [1.165, 1.54) is 4.88 Å². The van der Waals surface area contributed by atoms with Crippen molar-refractivity contribution in [2.24, 2.45) is 0 Å². The molecular weight excluding hydrogens is 268 g/mol. The number of nitrogens with zero attached hydrogens (tertiary/aromatic N) is 2. The normalized spacial score (nSPS) is 12.8. The van der Waals surface area contributed by atoms with Crippen LogP contribution < -0.4 is 0 Å². The first-order chi connectivity index (χ1) is 9.63. The Morgan fingerprint density at radius 1 is 1.25 bits per heavy atom. The molecule has 102 valence electrons. The van der Waals surface area contributed by atoms with E-state index in [4.69, 9.17) is 0 Å². The van der Waals surface area contributed by atoms with Gasteiger partial charge in [0.1, 0.15) is 0 Å². The summed E-state index contributed by atoms with van der Waals surface area (Å²) in [6.45, 7) is 4.06. The van der Waals surface area contributed by atoms with Gasteiger partial charge in [-0.2, -0.15) is 0 Å². The van der Waals surface area contributed by atoms with Crippen molar-refractivity contribution >= 4 is 22.2 Å². The summed E-state index contributed by atoms with van der Waals surface area (Å²) in [7, 11) is 0. The highest BCUT2D eigenvalue weighted by molar-refractivity contribution is 7.11. The molecule has 2 aromatic heterocycles. The average Bonchev–Trinajstić information content (AvgIpc) is 2.76. The van der Waals surface area contributed by atoms with Crippen molar-refractivity contribution in [2.45, 2.75) is 26.4 Å². The van der Waals surface area contributed by atoms with Crippen LogP contribution in [0.2, 0.25) is 0 Å². The van der Waals surface area contributed by atoms with Gasteiger partial charge >= 0.3 is 0 Å². The molecule has 1 unspecified atom stereocenters. The number of thiazole rings is 1. The second-order valence-corrected chi connectivity index (χ2v) is 6.21. The number of aryl methyl sites for hydroxylation is 2. The van der Waals surface area contributed by atoms with Crippen LogP contribution in [-0.2, 0) is 6.42 Å². The lowest BCUT2D eigenvalue weighted by molar-refractivity contribution is 0.178. The molecule has 0 bridgehead atoms. The predicted octanol–water partition coefficient (Wildman–Crippen LogP) is 3.58. The molecule has 0 fully saturated rings. The minimum Gasteiger partial charge on any atom is -0.388 e. The maximum atomic E-state index is 10.4. The Labute approximate surface area is 122 Å². The van der Waals surface area contributed by atoms with E-state index in [0.29, 0.717) is 6.42 Å². The first-order valence-corrected chi connectivity index (χ1v) is 7.41. The molecule has 2 heterocycles. The fourth-order valence-electron chi connectivity index (χ4n) is 2.21. The zero-order valence-corrected chi connectivity index (χ0v) is 12.3. The smallest absolute Gasteiger partial charge is 0.0960 e. The molecule has 0 aliphatic heterocycles. The van der Waals surface area contributed by atoms with E-state index >= 15 is 0 Å². The van der Waals surface area contributed by atoms with Crippen LogP contribution in [0.4, 0.5) is 0 Å². The second kappa shape index (κ2) is 5.31. The monoisotopic (exact) mass is 284 g/mol. The highest BCUT2D eigenvalue weighted by atomic mass is 32.1. The molecular formula is C16H16N2OS. The van der Waals surface area contributed by atoms with Crippen LogP contribution in [0.15, 0.2) is 36.5 Å². The predicted molar refractivity (Wildman–Crippen MR) is 82.0 cm³/mol. The SMILES string of the molecule is Cc1nc(CC(O)c2ccc3ncccc3c2)sc1C. The van der Waals surface area contributed by atoms with Crippen LogP contribution in [-0.4, -0.2) is 15.1 Å². The third-order valence-electron chi connectivity index (χ3n) is 3.45. The van der Waals surface area contributed by atoms with E-state index < -0.39 is 6.10 Å². The number of benzene rings is 1. The van der Waals surface area contributed by atoms with Crippen LogP contribution in [0, 0.1) is 13.8 Å². The molecule has 0 amide bonds. The van der Waals surface area contributed by atoms with Crippen LogP contribution >= 0.6 is 11.3 Å². The summed E-state index contributed by atoms with van der Waals surface area (Å²) in [4.78, 5) is 9.99. The summed E-state index contributed by atoms with van der Waals surface area (Å²) in [5, 5.41) is 12.4. The number of aromatic nitrogens is 2. The lowest BCUT2D eigenvalue weighted by atomic mass is 10.0. The Balaban J connectivity index is 1.86. The number of hydrogen-bond donors (Lipinski definition) is 1. The molecule has 4 heteroatoms. The molecule has 0 radical (unpaired) electrons. The summed E-state index contributed by atoms with van der Waals surface area (Å²) in [6, 6.07) is 9.81. The lowest BCUT2D eigenvalue weighted by Gasteiger charge is -2.10. The quantitative estimate of drug-likeness (QED) is 0.799. The van der Waals surface area contributed by atoms with Gasteiger partial charge < -0.3 is 5.11 Å². The molecule has 1 atom stereocenters.